The Kier molecular flexibility index (Phi) is 14.4. The minimum Gasteiger partial charge on any atom is -0.391 e. The van der Waals surface area contributed by atoms with Crippen LogP contribution in [0.15, 0.2) is 0 Å². The van der Waals surface area contributed by atoms with E-state index in [1.165, 1.54) is 25.7 Å². The third-order valence-electron chi connectivity index (χ3n) is 4.09. The van der Waals surface area contributed by atoms with Gasteiger partial charge in [-0.05, 0) is 12.8 Å². The fourth-order valence-electron chi connectivity index (χ4n) is 2.55. The van der Waals surface area contributed by atoms with Crippen LogP contribution < -0.4 is 5.32 Å². The van der Waals surface area contributed by atoms with E-state index in [2.05, 4.69) is 16.8 Å². The van der Waals surface area contributed by atoms with Gasteiger partial charge in [0.1, 0.15) is 0 Å². The number of carbonyl (C=O) groups excluding carboxylic acids is 1. The van der Waals surface area contributed by atoms with Crippen molar-refractivity contribution in [3.63, 3.8) is 0 Å². The zero-order valence-corrected chi connectivity index (χ0v) is 16.5. The molecule has 0 unspecified atom stereocenters. The summed E-state index contributed by atoms with van der Waals surface area (Å²) in [5, 5.41) is 12.9. The first-order valence-corrected chi connectivity index (χ1v) is 11.0. The van der Waals surface area contributed by atoms with Gasteiger partial charge in [-0.1, -0.05) is 65.2 Å². The molecule has 0 aromatic heterocycles. The topological polar surface area (TPSA) is 116 Å². The third-order valence-corrected chi connectivity index (χ3v) is 4.58. The highest BCUT2D eigenvalue weighted by atomic mass is 31.2. The second-order valence-electron chi connectivity index (χ2n) is 6.54. The molecule has 0 aliphatic rings. The van der Waals surface area contributed by atoms with Crippen molar-refractivity contribution in [3.05, 3.63) is 0 Å². The first-order chi connectivity index (χ1) is 11.8. The average Bonchev–Trinajstić information content (AvgIpc) is 2.54. The predicted molar refractivity (Wildman–Crippen MR) is 98.1 cm³/mol. The van der Waals surface area contributed by atoms with Crippen LogP contribution >= 0.6 is 7.82 Å². The lowest BCUT2D eigenvalue weighted by Gasteiger charge is -2.24. The van der Waals surface area contributed by atoms with E-state index in [4.69, 9.17) is 9.79 Å². The lowest BCUT2D eigenvalue weighted by atomic mass is 10.0. The molecule has 0 fully saturated rings. The smallest absolute Gasteiger partial charge is 0.391 e. The van der Waals surface area contributed by atoms with Crippen LogP contribution in [0, 0.1) is 0 Å². The van der Waals surface area contributed by atoms with Crippen molar-refractivity contribution in [2.45, 2.75) is 96.6 Å². The van der Waals surface area contributed by atoms with Gasteiger partial charge in [-0.2, -0.15) is 0 Å². The quantitative estimate of drug-likeness (QED) is 0.241. The maximum absolute atomic E-state index is 11.8. The zero-order chi connectivity index (χ0) is 19.1. The number of hydrogen-bond acceptors (Lipinski definition) is 4. The van der Waals surface area contributed by atoms with Crippen LogP contribution in [0.4, 0.5) is 0 Å². The van der Waals surface area contributed by atoms with Gasteiger partial charge < -0.3 is 20.2 Å². The molecule has 2 atom stereocenters. The Hall–Kier alpha value is -0.460. The number of aliphatic hydroxyl groups excluding tert-OH is 1. The molecule has 0 aromatic rings. The Morgan fingerprint density at radius 2 is 1.56 bits per heavy atom. The number of phosphoric acid groups is 1. The second kappa shape index (κ2) is 14.7. The average molecular weight is 381 g/mol. The van der Waals surface area contributed by atoms with E-state index in [1.807, 2.05) is 6.92 Å². The van der Waals surface area contributed by atoms with E-state index in [-0.39, 0.29) is 5.91 Å². The normalized spacial score (nSPS) is 14.3. The Morgan fingerprint density at radius 1 is 1.00 bits per heavy atom. The van der Waals surface area contributed by atoms with Crippen LogP contribution in [0.25, 0.3) is 0 Å². The molecular weight excluding hydrogens is 345 g/mol. The molecule has 0 aromatic carbocycles. The van der Waals surface area contributed by atoms with Crippen LogP contribution in [0.2, 0.25) is 0 Å². The molecule has 0 spiro atoms. The maximum Gasteiger partial charge on any atom is 0.469 e. The van der Waals surface area contributed by atoms with Gasteiger partial charge in [0.05, 0.1) is 18.8 Å². The lowest BCUT2D eigenvalue weighted by molar-refractivity contribution is -0.123. The van der Waals surface area contributed by atoms with E-state index in [0.29, 0.717) is 12.8 Å². The SMILES string of the molecule is CCCCCCCCC[C@@H](O)[C@H](COP(=O)(O)O)NC(=O)CCCC. The van der Waals surface area contributed by atoms with Crippen LogP contribution in [-0.4, -0.2) is 39.6 Å². The molecule has 0 bridgehead atoms. The Labute approximate surface area is 151 Å². The largest absolute Gasteiger partial charge is 0.469 e. The zero-order valence-electron chi connectivity index (χ0n) is 15.7. The molecule has 0 saturated heterocycles. The first-order valence-electron chi connectivity index (χ1n) is 9.47. The summed E-state index contributed by atoms with van der Waals surface area (Å²) in [4.78, 5) is 29.5. The van der Waals surface area contributed by atoms with Gasteiger partial charge in [0.2, 0.25) is 5.91 Å². The molecule has 1 amide bonds. The summed E-state index contributed by atoms with van der Waals surface area (Å²) in [6.45, 7) is 3.74. The molecular formula is C17H36NO6P. The standard InChI is InChI=1S/C17H36NO6P/c1-3-5-7-8-9-10-11-12-16(19)15(14-24-25(21,22)23)18-17(20)13-6-4-2/h15-16,19H,3-14H2,1-2H3,(H,18,20)(H2,21,22,23)/t15-,16+/m0/s1. The summed E-state index contributed by atoms with van der Waals surface area (Å²) in [7, 11) is -4.63. The van der Waals surface area contributed by atoms with Crippen LogP contribution in [0.3, 0.4) is 0 Å². The van der Waals surface area contributed by atoms with Crippen molar-refractivity contribution >= 4 is 13.7 Å². The summed E-state index contributed by atoms with van der Waals surface area (Å²) in [6, 6.07) is -0.808. The fourth-order valence-corrected chi connectivity index (χ4v) is 2.91. The number of aliphatic hydroxyl groups is 1. The molecule has 7 nitrogen and oxygen atoms in total. The van der Waals surface area contributed by atoms with Gasteiger partial charge in [0.15, 0.2) is 0 Å². The van der Waals surface area contributed by atoms with Gasteiger partial charge in [-0.15, -0.1) is 0 Å². The van der Waals surface area contributed by atoms with Crippen LogP contribution in [0.5, 0.6) is 0 Å². The summed E-state index contributed by atoms with van der Waals surface area (Å²) in [5.74, 6) is -0.236. The molecule has 0 saturated carbocycles. The highest BCUT2D eigenvalue weighted by Gasteiger charge is 2.25. The lowest BCUT2D eigenvalue weighted by Crippen LogP contribution is -2.46. The number of hydrogen-bond donors (Lipinski definition) is 4. The number of nitrogens with one attached hydrogen (secondary N) is 1. The monoisotopic (exact) mass is 381 g/mol. The Balaban J connectivity index is 4.27. The molecule has 25 heavy (non-hydrogen) atoms. The van der Waals surface area contributed by atoms with E-state index < -0.39 is 26.6 Å². The molecule has 4 N–H and O–H groups in total. The number of amides is 1. The molecule has 0 radical (unpaired) electrons. The highest BCUT2D eigenvalue weighted by Crippen LogP contribution is 2.35. The number of unbranched alkanes of at least 4 members (excludes halogenated alkanes) is 7. The van der Waals surface area contributed by atoms with Crippen molar-refractivity contribution < 1.29 is 28.8 Å². The summed E-state index contributed by atoms with van der Waals surface area (Å²) < 4.78 is 15.4. The van der Waals surface area contributed by atoms with E-state index >= 15 is 0 Å². The molecule has 8 heteroatoms. The van der Waals surface area contributed by atoms with Gasteiger partial charge in [-0.3, -0.25) is 9.32 Å². The van der Waals surface area contributed by atoms with E-state index in [1.54, 1.807) is 0 Å². The van der Waals surface area contributed by atoms with Crippen molar-refractivity contribution in [1.82, 2.24) is 5.32 Å². The Morgan fingerprint density at radius 3 is 2.12 bits per heavy atom. The number of rotatable bonds is 16. The van der Waals surface area contributed by atoms with Crippen molar-refractivity contribution in [2.24, 2.45) is 0 Å². The second-order valence-corrected chi connectivity index (χ2v) is 7.78. The molecule has 0 heterocycles. The van der Waals surface area contributed by atoms with Gasteiger partial charge in [0, 0.05) is 6.42 Å². The van der Waals surface area contributed by atoms with E-state index in [0.717, 1.165) is 32.1 Å². The summed E-state index contributed by atoms with van der Waals surface area (Å²) in [6.07, 6.45) is 9.29. The summed E-state index contributed by atoms with van der Waals surface area (Å²) in [5.41, 5.74) is 0. The van der Waals surface area contributed by atoms with Crippen LogP contribution in [0.1, 0.15) is 84.5 Å². The van der Waals surface area contributed by atoms with Gasteiger partial charge in [-0.25, -0.2) is 4.57 Å². The van der Waals surface area contributed by atoms with Gasteiger partial charge >= 0.3 is 7.82 Å². The van der Waals surface area contributed by atoms with Crippen LogP contribution in [-0.2, 0) is 13.9 Å². The molecule has 0 aliphatic heterocycles. The molecule has 150 valence electrons. The van der Waals surface area contributed by atoms with E-state index in [9.17, 15) is 14.5 Å². The summed E-state index contributed by atoms with van der Waals surface area (Å²) >= 11 is 0. The third kappa shape index (κ3) is 15.5. The highest BCUT2D eigenvalue weighted by molar-refractivity contribution is 7.46. The Bertz CT molecular complexity index is 387. The van der Waals surface area contributed by atoms with Crippen molar-refractivity contribution in [3.8, 4) is 0 Å². The molecule has 0 aliphatic carbocycles. The predicted octanol–water partition coefficient (Wildman–Crippen LogP) is 3.27. The first kappa shape index (κ1) is 24.5. The maximum atomic E-state index is 11.8. The van der Waals surface area contributed by atoms with Crippen molar-refractivity contribution in [1.29, 1.82) is 0 Å². The van der Waals surface area contributed by atoms with Gasteiger partial charge in [0.25, 0.3) is 0 Å². The number of phosphoric ester groups is 1. The minimum atomic E-state index is -4.63. The number of carbonyl (C=O) groups is 1. The minimum absolute atomic E-state index is 0.236. The molecule has 0 rings (SSSR count). The van der Waals surface area contributed by atoms with Crippen molar-refractivity contribution in [2.75, 3.05) is 6.61 Å². The fraction of sp³-hybridized carbons (Fsp3) is 0.941.